The Labute approximate surface area is 183 Å². The number of nitrogens with one attached hydrogen (secondary N) is 2. The zero-order chi connectivity index (χ0) is 18.6. The molecule has 7 nitrogen and oxygen atoms in total. The molecule has 0 spiro atoms. The number of benzene rings is 1. The van der Waals surface area contributed by atoms with E-state index in [1.165, 1.54) is 12.1 Å². The Morgan fingerprint density at radius 2 is 1.93 bits per heavy atom. The van der Waals surface area contributed by atoms with Crippen molar-refractivity contribution in [3.63, 3.8) is 0 Å². The van der Waals surface area contributed by atoms with Gasteiger partial charge in [-0.25, -0.2) is 0 Å². The van der Waals surface area contributed by atoms with E-state index in [9.17, 15) is 4.79 Å². The Kier molecular flexibility index (Phi) is 7.39. The molecule has 0 radical (unpaired) electrons. The number of fused-ring (bicyclic) bond motifs is 2. The molecule has 154 valence electrons. The lowest BCUT2D eigenvalue weighted by molar-refractivity contribution is -0.130. The molecule has 3 aliphatic rings. The van der Waals surface area contributed by atoms with Gasteiger partial charge in [0.05, 0.1) is 24.8 Å². The molecule has 3 fully saturated rings. The summed E-state index contributed by atoms with van der Waals surface area (Å²) >= 11 is 0. The van der Waals surface area contributed by atoms with E-state index >= 15 is 0 Å². The number of amides is 1. The topological polar surface area (TPSA) is 69.2 Å². The normalized spacial score (nSPS) is 26.8. The minimum atomic E-state index is 0. The van der Waals surface area contributed by atoms with Gasteiger partial charge in [-0.1, -0.05) is 18.2 Å². The van der Waals surface area contributed by atoms with Crippen LogP contribution in [0.5, 0.6) is 0 Å². The van der Waals surface area contributed by atoms with Crippen LogP contribution in [0, 0.1) is 0 Å². The van der Waals surface area contributed by atoms with E-state index in [-0.39, 0.29) is 42.5 Å². The summed E-state index contributed by atoms with van der Waals surface area (Å²) in [6.45, 7) is 3.51. The Bertz CT molecular complexity index is 678. The van der Waals surface area contributed by atoms with Crippen LogP contribution >= 0.6 is 24.0 Å². The largest absolute Gasteiger partial charge is 0.373 e. The molecule has 0 aromatic heterocycles. The Morgan fingerprint density at radius 1 is 1.18 bits per heavy atom. The van der Waals surface area contributed by atoms with Crippen LogP contribution in [0.1, 0.15) is 19.3 Å². The summed E-state index contributed by atoms with van der Waals surface area (Å²) in [5.74, 6) is 0.808. The van der Waals surface area contributed by atoms with Gasteiger partial charge in [-0.3, -0.25) is 9.79 Å². The second-order valence-corrected chi connectivity index (χ2v) is 7.49. The third-order valence-corrected chi connectivity index (χ3v) is 5.81. The van der Waals surface area contributed by atoms with E-state index in [4.69, 9.17) is 4.74 Å². The number of ether oxygens (including phenoxy) is 1. The monoisotopic (exact) mass is 499 g/mol. The van der Waals surface area contributed by atoms with Crippen molar-refractivity contribution in [2.45, 2.75) is 37.5 Å². The summed E-state index contributed by atoms with van der Waals surface area (Å²) in [7, 11) is 1.74. The van der Waals surface area contributed by atoms with Gasteiger partial charge in [0.15, 0.2) is 5.96 Å². The summed E-state index contributed by atoms with van der Waals surface area (Å²) in [5, 5.41) is 6.59. The summed E-state index contributed by atoms with van der Waals surface area (Å²) in [5.41, 5.74) is 1.22. The average Bonchev–Trinajstić information content (AvgIpc) is 3.35. The van der Waals surface area contributed by atoms with Crippen LogP contribution in [-0.2, 0) is 9.53 Å². The summed E-state index contributed by atoms with van der Waals surface area (Å²) in [6.07, 6.45) is 4.00. The van der Waals surface area contributed by atoms with Crippen molar-refractivity contribution in [2.75, 3.05) is 44.7 Å². The number of hydrogen-bond acceptors (Lipinski definition) is 4. The van der Waals surface area contributed by atoms with E-state index < -0.39 is 0 Å². The first-order valence-corrected chi connectivity index (χ1v) is 9.93. The van der Waals surface area contributed by atoms with Gasteiger partial charge in [0.1, 0.15) is 0 Å². The molecule has 1 amide bonds. The highest BCUT2D eigenvalue weighted by molar-refractivity contribution is 14.0. The summed E-state index contributed by atoms with van der Waals surface area (Å²) in [6, 6.07) is 10.7. The fraction of sp³-hybridized carbons (Fsp3) is 0.600. The van der Waals surface area contributed by atoms with E-state index in [0.29, 0.717) is 18.1 Å². The lowest BCUT2D eigenvalue weighted by atomic mass is 9.96. The average molecular weight is 499 g/mol. The third-order valence-electron chi connectivity index (χ3n) is 5.81. The first kappa shape index (κ1) is 21.2. The highest BCUT2D eigenvalue weighted by Gasteiger charge is 2.41. The lowest BCUT2D eigenvalue weighted by Crippen LogP contribution is -2.53. The molecular weight excluding hydrogens is 469 g/mol. The zero-order valence-corrected chi connectivity index (χ0v) is 18.7. The smallest absolute Gasteiger partial charge is 0.242 e. The van der Waals surface area contributed by atoms with Gasteiger partial charge in [0.25, 0.3) is 0 Å². The van der Waals surface area contributed by atoms with Crippen molar-refractivity contribution < 1.29 is 9.53 Å². The van der Waals surface area contributed by atoms with Crippen molar-refractivity contribution >= 4 is 41.5 Å². The van der Waals surface area contributed by atoms with Crippen LogP contribution < -0.4 is 15.5 Å². The first-order valence-electron chi connectivity index (χ1n) is 9.93. The molecule has 28 heavy (non-hydrogen) atoms. The Hall–Kier alpha value is -1.55. The second kappa shape index (κ2) is 9.78. The van der Waals surface area contributed by atoms with Crippen LogP contribution in [0.15, 0.2) is 35.3 Å². The van der Waals surface area contributed by atoms with Crippen molar-refractivity contribution in [3.8, 4) is 0 Å². The fourth-order valence-electron chi connectivity index (χ4n) is 4.28. The van der Waals surface area contributed by atoms with Crippen LogP contribution in [0.25, 0.3) is 0 Å². The highest BCUT2D eigenvalue weighted by atomic mass is 127. The number of para-hydroxylation sites is 1. The maximum absolute atomic E-state index is 12.6. The van der Waals surface area contributed by atoms with Gasteiger partial charge in [0, 0.05) is 38.9 Å². The number of carbonyl (C=O) groups excluding carboxylic acids is 1. The van der Waals surface area contributed by atoms with E-state index in [1.807, 2.05) is 11.0 Å². The van der Waals surface area contributed by atoms with Gasteiger partial charge in [0.2, 0.25) is 5.91 Å². The molecule has 3 aliphatic heterocycles. The van der Waals surface area contributed by atoms with Crippen LogP contribution in [-0.4, -0.2) is 74.8 Å². The van der Waals surface area contributed by atoms with Crippen LogP contribution in [0.2, 0.25) is 0 Å². The minimum absolute atomic E-state index is 0. The molecule has 3 unspecified atom stereocenters. The maximum Gasteiger partial charge on any atom is 0.242 e. The Balaban J connectivity index is 0.00000225. The van der Waals surface area contributed by atoms with Gasteiger partial charge in [-0.2, -0.15) is 0 Å². The van der Waals surface area contributed by atoms with E-state index in [2.05, 4.69) is 44.8 Å². The SMILES string of the molecule is CN=C(NCC(=O)N1CCN(c2ccccc2)CC1)NC1CC2CCC1O2.I. The zero-order valence-electron chi connectivity index (χ0n) is 16.3. The second-order valence-electron chi connectivity index (χ2n) is 7.49. The third kappa shape index (κ3) is 4.89. The molecule has 4 rings (SSSR count). The number of guanidine groups is 1. The number of hydrogen-bond donors (Lipinski definition) is 2. The predicted octanol–water partition coefficient (Wildman–Crippen LogP) is 1.44. The quantitative estimate of drug-likeness (QED) is 0.373. The summed E-state index contributed by atoms with van der Waals surface area (Å²) in [4.78, 5) is 21.1. The minimum Gasteiger partial charge on any atom is -0.373 e. The van der Waals surface area contributed by atoms with Gasteiger partial charge in [-0.05, 0) is 31.4 Å². The Morgan fingerprint density at radius 3 is 2.54 bits per heavy atom. The molecule has 3 atom stereocenters. The molecule has 3 heterocycles. The molecule has 0 aliphatic carbocycles. The van der Waals surface area contributed by atoms with Gasteiger partial charge in [-0.15, -0.1) is 24.0 Å². The van der Waals surface area contributed by atoms with Crippen molar-refractivity contribution in [1.82, 2.24) is 15.5 Å². The van der Waals surface area contributed by atoms with E-state index in [0.717, 1.165) is 39.0 Å². The standard InChI is InChI=1S/C20H29N5O2.HI/c1-21-20(23-17-13-16-7-8-18(17)27-16)22-14-19(26)25-11-9-24(10-12-25)15-5-3-2-4-6-15;/h2-6,16-18H,7-14H2,1H3,(H2,21,22,23);1H. The molecular formula is C20H30IN5O2. The van der Waals surface area contributed by atoms with Gasteiger partial charge >= 0.3 is 0 Å². The van der Waals surface area contributed by atoms with Crippen molar-refractivity contribution in [2.24, 2.45) is 4.99 Å². The van der Waals surface area contributed by atoms with E-state index in [1.54, 1.807) is 7.05 Å². The molecule has 1 aromatic carbocycles. The van der Waals surface area contributed by atoms with Crippen LogP contribution in [0.4, 0.5) is 5.69 Å². The van der Waals surface area contributed by atoms with Crippen molar-refractivity contribution in [1.29, 1.82) is 0 Å². The number of anilines is 1. The van der Waals surface area contributed by atoms with Crippen molar-refractivity contribution in [3.05, 3.63) is 30.3 Å². The summed E-state index contributed by atoms with van der Waals surface area (Å²) < 4.78 is 5.87. The highest BCUT2D eigenvalue weighted by Crippen LogP contribution is 2.34. The molecule has 2 bridgehead atoms. The maximum atomic E-state index is 12.6. The number of aliphatic imine (C=N–C) groups is 1. The number of rotatable bonds is 4. The number of piperazine rings is 1. The molecule has 2 N–H and O–H groups in total. The molecule has 0 saturated carbocycles. The molecule has 3 saturated heterocycles. The number of halogens is 1. The van der Waals surface area contributed by atoms with Crippen LogP contribution in [0.3, 0.4) is 0 Å². The lowest BCUT2D eigenvalue weighted by Gasteiger charge is -2.36. The molecule has 1 aromatic rings. The molecule has 8 heteroatoms. The predicted molar refractivity (Wildman–Crippen MR) is 121 cm³/mol. The first-order chi connectivity index (χ1) is 13.2. The van der Waals surface area contributed by atoms with Gasteiger partial charge < -0.3 is 25.2 Å². The number of nitrogens with zero attached hydrogens (tertiary/aromatic N) is 3. The number of carbonyl (C=O) groups is 1. The fourth-order valence-corrected chi connectivity index (χ4v) is 4.28.